The van der Waals surface area contributed by atoms with E-state index in [1.807, 2.05) is 0 Å². The van der Waals surface area contributed by atoms with Gasteiger partial charge < -0.3 is 5.32 Å². The second kappa shape index (κ2) is 5.68. The highest BCUT2D eigenvalue weighted by Gasteiger charge is 2.22. The van der Waals surface area contributed by atoms with Gasteiger partial charge in [-0.15, -0.1) is 0 Å². The molecule has 0 aliphatic heterocycles. The van der Waals surface area contributed by atoms with Gasteiger partial charge >= 0.3 is 0 Å². The van der Waals surface area contributed by atoms with Gasteiger partial charge in [0.15, 0.2) is 0 Å². The number of hydrogen-bond acceptors (Lipinski definition) is 1. The molecule has 1 unspecified atom stereocenters. The molecule has 17 heavy (non-hydrogen) atoms. The zero-order chi connectivity index (χ0) is 12.3. The fourth-order valence-corrected chi connectivity index (χ4v) is 2.94. The van der Waals surface area contributed by atoms with Crippen LogP contribution in [0, 0.1) is 12.8 Å². The molecule has 1 aromatic carbocycles. The predicted octanol–water partition coefficient (Wildman–Crippen LogP) is 4.22. The molecule has 94 valence electrons. The SMILES string of the molecule is Cc1ccc(C(C)N[C@@H](C)C2CCCC2)cc1. The van der Waals surface area contributed by atoms with Crippen LogP contribution in [-0.4, -0.2) is 6.04 Å². The summed E-state index contributed by atoms with van der Waals surface area (Å²) in [6.07, 6.45) is 5.68. The molecular formula is C16H25N. The predicted molar refractivity (Wildman–Crippen MR) is 74.1 cm³/mol. The number of benzene rings is 1. The average molecular weight is 231 g/mol. The van der Waals surface area contributed by atoms with Gasteiger partial charge in [-0.25, -0.2) is 0 Å². The van der Waals surface area contributed by atoms with Crippen molar-refractivity contribution in [1.82, 2.24) is 5.32 Å². The molecular weight excluding hydrogens is 206 g/mol. The molecule has 0 saturated heterocycles. The Balaban J connectivity index is 1.91. The van der Waals surface area contributed by atoms with Crippen molar-refractivity contribution in [2.75, 3.05) is 0 Å². The van der Waals surface area contributed by atoms with Gasteiger partial charge in [-0.1, -0.05) is 42.7 Å². The number of hydrogen-bond donors (Lipinski definition) is 1. The van der Waals surface area contributed by atoms with E-state index < -0.39 is 0 Å². The highest BCUT2D eigenvalue weighted by molar-refractivity contribution is 5.23. The molecule has 0 heterocycles. The molecule has 0 amide bonds. The lowest BCUT2D eigenvalue weighted by Crippen LogP contribution is -2.34. The van der Waals surface area contributed by atoms with Crippen LogP contribution < -0.4 is 5.32 Å². The van der Waals surface area contributed by atoms with E-state index in [1.54, 1.807) is 0 Å². The van der Waals surface area contributed by atoms with Crippen molar-refractivity contribution >= 4 is 0 Å². The first kappa shape index (κ1) is 12.6. The van der Waals surface area contributed by atoms with E-state index >= 15 is 0 Å². The van der Waals surface area contributed by atoms with E-state index in [0.29, 0.717) is 12.1 Å². The first-order valence-electron chi connectivity index (χ1n) is 6.99. The lowest BCUT2D eigenvalue weighted by Gasteiger charge is -2.25. The lowest BCUT2D eigenvalue weighted by atomic mass is 9.97. The van der Waals surface area contributed by atoms with Gasteiger partial charge in [0.2, 0.25) is 0 Å². The third-order valence-electron chi connectivity index (χ3n) is 4.20. The number of aryl methyl sites for hydroxylation is 1. The van der Waals surface area contributed by atoms with Crippen molar-refractivity contribution in [3.8, 4) is 0 Å². The topological polar surface area (TPSA) is 12.0 Å². The zero-order valence-corrected chi connectivity index (χ0v) is 11.4. The normalized spacial score (nSPS) is 20.4. The Hall–Kier alpha value is -0.820. The first-order valence-corrected chi connectivity index (χ1v) is 6.99. The highest BCUT2D eigenvalue weighted by Crippen LogP contribution is 2.28. The van der Waals surface area contributed by atoms with Crippen molar-refractivity contribution in [3.05, 3.63) is 35.4 Å². The van der Waals surface area contributed by atoms with Gasteiger partial charge in [-0.05, 0) is 45.1 Å². The maximum absolute atomic E-state index is 3.76. The van der Waals surface area contributed by atoms with Crippen LogP contribution in [0.2, 0.25) is 0 Å². The highest BCUT2D eigenvalue weighted by atomic mass is 14.9. The molecule has 1 aliphatic rings. The second-order valence-corrected chi connectivity index (χ2v) is 5.63. The molecule has 0 spiro atoms. The molecule has 1 nitrogen and oxygen atoms in total. The molecule has 0 bridgehead atoms. The molecule has 1 N–H and O–H groups in total. The number of nitrogens with one attached hydrogen (secondary N) is 1. The summed E-state index contributed by atoms with van der Waals surface area (Å²) in [6, 6.07) is 10.0. The first-order chi connectivity index (χ1) is 8.16. The van der Waals surface area contributed by atoms with Crippen LogP contribution in [0.25, 0.3) is 0 Å². The zero-order valence-electron chi connectivity index (χ0n) is 11.4. The summed E-state index contributed by atoms with van der Waals surface area (Å²) in [5.74, 6) is 0.892. The Kier molecular flexibility index (Phi) is 4.22. The maximum Gasteiger partial charge on any atom is 0.0294 e. The summed E-state index contributed by atoms with van der Waals surface area (Å²) in [6.45, 7) is 6.76. The van der Waals surface area contributed by atoms with Crippen molar-refractivity contribution < 1.29 is 0 Å². The maximum atomic E-state index is 3.76. The third-order valence-corrected chi connectivity index (χ3v) is 4.20. The largest absolute Gasteiger partial charge is 0.307 e. The standard InChI is InChI=1S/C16H25N/c1-12-8-10-16(11-9-12)14(3)17-13(2)15-6-4-5-7-15/h8-11,13-15,17H,4-7H2,1-3H3/t13-,14?/m0/s1. The van der Waals surface area contributed by atoms with Gasteiger partial charge in [0, 0.05) is 12.1 Å². The summed E-state index contributed by atoms with van der Waals surface area (Å²) < 4.78 is 0. The van der Waals surface area contributed by atoms with E-state index in [-0.39, 0.29) is 0 Å². The Morgan fingerprint density at radius 3 is 2.24 bits per heavy atom. The Bertz CT molecular complexity index is 335. The van der Waals surface area contributed by atoms with Gasteiger partial charge in [-0.2, -0.15) is 0 Å². The summed E-state index contributed by atoms with van der Waals surface area (Å²) >= 11 is 0. The van der Waals surface area contributed by atoms with E-state index in [9.17, 15) is 0 Å². The Morgan fingerprint density at radius 1 is 1.06 bits per heavy atom. The second-order valence-electron chi connectivity index (χ2n) is 5.63. The van der Waals surface area contributed by atoms with Crippen molar-refractivity contribution in [1.29, 1.82) is 0 Å². The average Bonchev–Trinajstić information content (AvgIpc) is 2.83. The van der Waals surface area contributed by atoms with Crippen molar-refractivity contribution in [3.63, 3.8) is 0 Å². The molecule has 2 rings (SSSR count). The van der Waals surface area contributed by atoms with Crippen LogP contribution in [0.5, 0.6) is 0 Å². The van der Waals surface area contributed by atoms with E-state index in [1.165, 1.54) is 36.8 Å². The van der Waals surface area contributed by atoms with Crippen LogP contribution in [-0.2, 0) is 0 Å². The third kappa shape index (κ3) is 3.32. The van der Waals surface area contributed by atoms with Gasteiger partial charge in [0.05, 0.1) is 0 Å². The van der Waals surface area contributed by atoms with Crippen LogP contribution in [0.4, 0.5) is 0 Å². The quantitative estimate of drug-likeness (QED) is 0.818. The molecule has 0 radical (unpaired) electrons. The van der Waals surface area contributed by atoms with E-state index in [4.69, 9.17) is 0 Å². The van der Waals surface area contributed by atoms with E-state index in [0.717, 1.165) is 5.92 Å². The molecule has 1 aromatic rings. The van der Waals surface area contributed by atoms with Crippen molar-refractivity contribution in [2.45, 2.75) is 58.5 Å². The number of rotatable bonds is 4. The Labute approximate surface area is 106 Å². The fraction of sp³-hybridized carbons (Fsp3) is 0.625. The molecule has 1 fully saturated rings. The van der Waals surface area contributed by atoms with Crippen LogP contribution in [0.1, 0.15) is 56.7 Å². The lowest BCUT2D eigenvalue weighted by molar-refractivity contribution is 0.352. The van der Waals surface area contributed by atoms with Crippen LogP contribution in [0.15, 0.2) is 24.3 Å². The Morgan fingerprint density at radius 2 is 1.65 bits per heavy atom. The summed E-state index contributed by atoms with van der Waals surface area (Å²) in [5.41, 5.74) is 2.74. The van der Waals surface area contributed by atoms with E-state index in [2.05, 4.69) is 50.4 Å². The molecule has 0 aromatic heterocycles. The van der Waals surface area contributed by atoms with Crippen LogP contribution >= 0.6 is 0 Å². The summed E-state index contributed by atoms with van der Waals surface area (Å²) in [5, 5.41) is 3.76. The van der Waals surface area contributed by atoms with Crippen LogP contribution in [0.3, 0.4) is 0 Å². The molecule has 2 atom stereocenters. The smallest absolute Gasteiger partial charge is 0.0294 e. The minimum absolute atomic E-state index is 0.464. The van der Waals surface area contributed by atoms with Crippen molar-refractivity contribution in [2.24, 2.45) is 5.92 Å². The summed E-state index contributed by atoms with van der Waals surface area (Å²) in [4.78, 5) is 0. The molecule has 1 heteroatoms. The fourth-order valence-electron chi connectivity index (χ4n) is 2.94. The van der Waals surface area contributed by atoms with Gasteiger partial charge in [0.1, 0.15) is 0 Å². The molecule has 1 saturated carbocycles. The monoisotopic (exact) mass is 231 g/mol. The van der Waals surface area contributed by atoms with Gasteiger partial charge in [-0.3, -0.25) is 0 Å². The minimum Gasteiger partial charge on any atom is -0.307 e. The molecule has 1 aliphatic carbocycles. The minimum atomic E-state index is 0.464. The summed E-state index contributed by atoms with van der Waals surface area (Å²) in [7, 11) is 0. The van der Waals surface area contributed by atoms with Gasteiger partial charge in [0.25, 0.3) is 0 Å².